The fourth-order valence-corrected chi connectivity index (χ4v) is 3.18. The van der Waals surface area contributed by atoms with Crippen LogP contribution in [0, 0.1) is 0 Å². The van der Waals surface area contributed by atoms with Gasteiger partial charge in [-0.05, 0) is 12.1 Å². The van der Waals surface area contributed by atoms with Crippen molar-refractivity contribution in [2.24, 2.45) is 0 Å². The Morgan fingerprint density at radius 2 is 2.15 bits per heavy atom. The van der Waals surface area contributed by atoms with Gasteiger partial charge in [-0.1, -0.05) is 18.2 Å². The second-order valence-electron chi connectivity index (χ2n) is 6.34. The molecule has 3 heterocycles. The number of rotatable bonds is 5. The zero-order chi connectivity index (χ0) is 18.8. The second kappa shape index (κ2) is 7.20. The highest BCUT2D eigenvalue weighted by Gasteiger charge is 2.27. The van der Waals surface area contributed by atoms with Crippen molar-refractivity contribution in [3.05, 3.63) is 47.4 Å². The molecule has 27 heavy (non-hydrogen) atoms. The van der Waals surface area contributed by atoms with Crippen LogP contribution in [0.1, 0.15) is 26.7 Å². The molecule has 0 radical (unpaired) electrons. The molecule has 9 nitrogen and oxygen atoms in total. The fourth-order valence-electron chi connectivity index (χ4n) is 3.18. The maximum atomic E-state index is 12.9. The van der Waals surface area contributed by atoms with Gasteiger partial charge in [0.2, 0.25) is 0 Å². The highest BCUT2D eigenvalue weighted by Crippen LogP contribution is 2.20. The Labute approximate surface area is 155 Å². The van der Waals surface area contributed by atoms with Gasteiger partial charge in [0.05, 0.1) is 30.9 Å². The number of para-hydroxylation sites is 1. The van der Waals surface area contributed by atoms with E-state index in [-0.39, 0.29) is 11.8 Å². The summed E-state index contributed by atoms with van der Waals surface area (Å²) in [4.78, 5) is 26.8. The summed E-state index contributed by atoms with van der Waals surface area (Å²) in [6.45, 7) is 2.31. The molecular formula is C18H20N6O3. The third-order valence-electron chi connectivity index (χ3n) is 4.58. The summed E-state index contributed by atoms with van der Waals surface area (Å²) < 4.78 is 6.70. The molecule has 0 saturated carbocycles. The van der Waals surface area contributed by atoms with Crippen molar-refractivity contribution >= 4 is 22.7 Å². The summed E-state index contributed by atoms with van der Waals surface area (Å²) in [7, 11) is 1.58. The third kappa shape index (κ3) is 3.28. The summed E-state index contributed by atoms with van der Waals surface area (Å²) in [5.41, 5.74) is 2.42. The average molecular weight is 368 g/mol. The molecule has 0 bridgehead atoms. The van der Waals surface area contributed by atoms with Gasteiger partial charge in [-0.2, -0.15) is 10.2 Å². The van der Waals surface area contributed by atoms with Crippen molar-refractivity contribution in [3.63, 3.8) is 0 Å². The van der Waals surface area contributed by atoms with Gasteiger partial charge in [-0.25, -0.2) is 0 Å². The number of methoxy groups -OCH3 is 1. The molecule has 1 aliphatic rings. The van der Waals surface area contributed by atoms with Gasteiger partial charge in [0.1, 0.15) is 0 Å². The van der Waals surface area contributed by atoms with E-state index in [0.717, 1.165) is 16.6 Å². The van der Waals surface area contributed by atoms with Crippen molar-refractivity contribution in [2.45, 2.75) is 13.1 Å². The minimum atomic E-state index is -0.245. The van der Waals surface area contributed by atoms with Crippen LogP contribution in [0.3, 0.4) is 0 Å². The minimum absolute atomic E-state index is 0.133. The quantitative estimate of drug-likeness (QED) is 0.648. The van der Waals surface area contributed by atoms with E-state index < -0.39 is 0 Å². The third-order valence-corrected chi connectivity index (χ3v) is 4.58. The number of ether oxygens (including phenoxy) is 1. The Bertz CT molecular complexity index is 992. The molecule has 4 rings (SSSR count). The molecule has 0 spiro atoms. The highest BCUT2D eigenvalue weighted by atomic mass is 16.5. The highest BCUT2D eigenvalue weighted by molar-refractivity contribution is 6.04. The molecule has 9 heteroatoms. The molecule has 1 aromatic carbocycles. The Balaban J connectivity index is 1.49. The Morgan fingerprint density at radius 1 is 1.30 bits per heavy atom. The topological polar surface area (TPSA) is 105 Å². The first-order valence-corrected chi connectivity index (χ1v) is 8.73. The number of benzene rings is 1. The Kier molecular flexibility index (Phi) is 4.59. The molecule has 0 saturated heterocycles. The minimum Gasteiger partial charge on any atom is -0.383 e. The van der Waals surface area contributed by atoms with Crippen LogP contribution in [0.5, 0.6) is 0 Å². The SMILES string of the molecule is COCCNC(=O)c1cc2n(n1)CCN(C(=O)c1n[nH]c3ccccc13)C2. The summed E-state index contributed by atoms with van der Waals surface area (Å²) >= 11 is 0. The average Bonchev–Trinajstić information content (AvgIpc) is 3.31. The summed E-state index contributed by atoms with van der Waals surface area (Å²) in [5, 5.41) is 15.0. The van der Waals surface area contributed by atoms with Crippen molar-refractivity contribution in [1.29, 1.82) is 0 Å². The number of carbonyl (C=O) groups is 2. The largest absolute Gasteiger partial charge is 0.383 e. The van der Waals surface area contributed by atoms with Gasteiger partial charge in [0, 0.05) is 25.6 Å². The van der Waals surface area contributed by atoms with E-state index in [9.17, 15) is 9.59 Å². The molecule has 0 fully saturated rings. The number of H-pyrrole nitrogens is 1. The van der Waals surface area contributed by atoms with E-state index in [1.807, 2.05) is 24.3 Å². The number of hydrogen-bond donors (Lipinski definition) is 2. The van der Waals surface area contributed by atoms with E-state index >= 15 is 0 Å². The van der Waals surface area contributed by atoms with Gasteiger partial charge in [0.15, 0.2) is 11.4 Å². The zero-order valence-corrected chi connectivity index (χ0v) is 14.9. The van der Waals surface area contributed by atoms with Crippen LogP contribution >= 0.6 is 0 Å². The van der Waals surface area contributed by atoms with Crippen molar-refractivity contribution in [1.82, 2.24) is 30.2 Å². The molecule has 0 aliphatic carbocycles. The first kappa shape index (κ1) is 17.2. The number of hydrogen-bond acceptors (Lipinski definition) is 5. The van der Waals surface area contributed by atoms with Gasteiger partial charge >= 0.3 is 0 Å². The van der Waals surface area contributed by atoms with E-state index in [1.54, 1.807) is 22.8 Å². The van der Waals surface area contributed by atoms with Gasteiger partial charge in [-0.15, -0.1) is 0 Å². The lowest BCUT2D eigenvalue weighted by atomic mass is 10.2. The molecular weight excluding hydrogens is 348 g/mol. The zero-order valence-electron chi connectivity index (χ0n) is 14.9. The van der Waals surface area contributed by atoms with Crippen molar-refractivity contribution < 1.29 is 14.3 Å². The summed E-state index contributed by atoms with van der Waals surface area (Å²) in [6.07, 6.45) is 0. The first-order valence-electron chi connectivity index (χ1n) is 8.73. The lowest BCUT2D eigenvalue weighted by Gasteiger charge is -2.27. The normalized spacial score (nSPS) is 13.6. The summed E-state index contributed by atoms with van der Waals surface area (Å²) in [5.74, 6) is -0.379. The maximum absolute atomic E-state index is 12.9. The predicted octanol–water partition coefficient (Wildman–Crippen LogP) is 0.792. The van der Waals surface area contributed by atoms with Gasteiger partial charge in [0.25, 0.3) is 11.8 Å². The first-order chi connectivity index (χ1) is 13.2. The molecule has 140 valence electrons. The molecule has 2 aromatic heterocycles. The Morgan fingerprint density at radius 3 is 3.00 bits per heavy atom. The van der Waals surface area contributed by atoms with Crippen molar-refractivity contribution in [2.75, 3.05) is 26.8 Å². The van der Waals surface area contributed by atoms with Gasteiger partial charge in [-0.3, -0.25) is 19.4 Å². The molecule has 0 unspecified atom stereocenters. The molecule has 0 atom stereocenters. The van der Waals surface area contributed by atoms with Crippen LogP contribution in [-0.2, 0) is 17.8 Å². The number of fused-ring (bicyclic) bond motifs is 2. The van der Waals surface area contributed by atoms with Crippen LogP contribution in [-0.4, -0.2) is 63.5 Å². The second-order valence-corrected chi connectivity index (χ2v) is 6.34. The van der Waals surface area contributed by atoms with E-state index in [1.165, 1.54) is 0 Å². The number of carbonyl (C=O) groups excluding carboxylic acids is 2. The van der Waals surface area contributed by atoms with E-state index in [4.69, 9.17) is 4.74 Å². The number of aromatic nitrogens is 4. The smallest absolute Gasteiger partial charge is 0.275 e. The van der Waals surface area contributed by atoms with Crippen LogP contribution < -0.4 is 5.32 Å². The predicted molar refractivity (Wildman–Crippen MR) is 97.3 cm³/mol. The standard InChI is InChI=1S/C18H20N6O3/c1-27-9-6-19-17(25)15-10-12-11-23(7-8-24(12)22-15)18(26)16-13-4-2-3-5-14(13)20-21-16/h2-5,10H,6-9,11H2,1H3,(H,19,25)(H,20,21). The van der Waals surface area contributed by atoms with Crippen LogP contribution in [0.15, 0.2) is 30.3 Å². The molecule has 1 aliphatic heterocycles. The van der Waals surface area contributed by atoms with Crippen LogP contribution in [0.4, 0.5) is 0 Å². The van der Waals surface area contributed by atoms with Crippen LogP contribution in [0.2, 0.25) is 0 Å². The molecule has 2 amide bonds. The van der Waals surface area contributed by atoms with E-state index in [2.05, 4.69) is 20.6 Å². The van der Waals surface area contributed by atoms with E-state index in [0.29, 0.717) is 44.2 Å². The number of nitrogens with zero attached hydrogens (tertiary/aromatic N) is 4. The fraction of sp³-hybridized carbons (Fsp3) is 0.333. The number of amides is 2. The lowest BCUT2D eigenvalue weighted by molar-refractivity contribution is 0.0701. The van der Waals surface area contributed by atoms with Crippen molar-refractivity contribution in [3.8, 4) is 0 Å². The molecule has 3 aromatic rings. The maximum Gasteiger partial charge on any atom is 0.275 e. The lowest BCUT2D eigenvalue weighted by Crippen LogP contribution is -2.38. The summed E-state index contributed by atoms with van der Waals surface area (Å²) in [6, 6.07) is 9.27. The monoisotopic (exact) mass is 368 g/mol. The number of aromatic amines is 1. The van der Waals surface area contributed by atoms with Crippen LogP contribution in [0.25, 0.3) is 10.9 Å². The molecule has 2 N–H and O–H groups in total. The Hall–Kier alpha value is -3.20. The number of nitrogens with one attached hydrogen (secondary N) is 2. The van der Waals surface area contributed by atoms with Gasteiger partial charge < -0.3 is 15.0 Å².